The average molecular weight is 251 g/mol. The molecular weight excluding hydrogens is 236 g/mol. The van der Waals surface area contributed by atoms with E-state index in [-0.39, 0.29) is 6.04 Å². The number of halogens is 2. The smallest absolute Gasteiger partial charge is 0.126 e. The molecule has 2 aromatic rings. The maximum atomic E-state index is 13.3. The monoisotopic (exact) mass is 251 g/mol. The maximum absolute atomic E-state index is 13.3. The molecule has 1 atom stereocenters. The summed E-state index contributed by atoms with van der Waals surface area (Å²) in [4.78, 5) is 0. The Bertz CT molecular complexity index is 517. The molecule has 2 rings (SSSR count). The number of aromatic nitrogens is 2. The first-order chi connectivity index (χ1) is 8.60. The van der Waals surface area contributed by atoms with Crippen LogP contribution in [0.15, 0.2) is 30.5 Å². The second-order valence-electron chi connectivity index (χ2n) is 4.11. The molecule has 3 nitrogen and oxygen atoms in total. The van der Waals surface area contributed by atoms with Crippen LogP contribution in [0.3, 0.4) is 0 Å². The Kier molecular flexibility index (Phi) is 3.72. The van der Waals surface area contributed by atoms with Crippen molar-refractivity contribution >= 4 is 0 Å². The van der Waals surface area contributed by atoms with Gasteiger partial charge in [-0.1, -0.05) is 6.92 Å². The van der Waals surface area contributed by atoms with E-state index in [1.807, 2.05) is 13.0 Å². The first-order valence-electron chi connectivity index (χ1n) is 5.79. The second-order valence-corrected chi connectivity index (χ2v) is 4.11. The first kappa shape index (κ1) is 12.7. The molecule has 0 saturated heterocycles. The highest BCUT2D eigenvalue weighted by atomic mass is 19.1. The fraction of sp³-hybridized carbons (Fsp3) is 0.308. The zero-order valence-electron chi connectivity index (χ0n) is 10.3. The van der Waals surface area contributed by atoms with Gasteiger partial charge in [0.1, 0.15) is 11.6 Å². The van der Waals surface area contributed by atoms with Crippen LogP contribution in [0.1, 0.15) is 24.2 Å². The van der Waals surface area contributed by atoms with Gasteiger partial charge in [-0.05, 0) is 30.3 Å². The number of rotatable bonds is 4. The molecule has 0 radical (unpaired) electrons. The zero-order chi connectivity index (χ0) is 13.1. The van der Waals surface area contributed by atoms with Crippen molar-refractivity contribution in [2.75, 3.05) is 6.54 Å². The summed E-state index contributed by atoms with van der Waals surface area (Å²) >= 11 is 0. The van der Waals surface area contributed by atoms with Crippen LogP contribution >= 0.6 is 0 Å². The van der Waals surface area contributed by atoms with Gasteiger partial charge in [-0.15, -0.1) is 0 Å². The molecule has 96 valence electrons. The first-order valence-corrected chi connectivity index (χ1v) is 5.79. The standard InChI is InChI=1S/C13H15F2N3/c1-3-16-13(12-4-5-18(2)17-12)9-6-10(14)8-11(15)7-9/h4-8,13,16H,3H2,1-2H3. The minimum Gasteiger partial charge on any atom is -0.305 e. The lowest BCUT2D eigenvalue weighted by Crippen LogP contribution is -2.23. The van der Waals surface area contributed by atoms with E-state index in [0.29, 0.717) is 12.1 Å². The molecule has 0 aliphatic carbocycles. The third kappa shape index (κ3) is 2.73. The minimum absolute atomic E-state index is 0.304. The van der Waals surface area contributed by atoms with Crippen LogP contribution < -0.4 is 5.32 Å². The van der Waals surface area contributed by atoms with Crippen LogP contribution in [0.5, 0.6) is 0 Å². The van der Waals surface area contributed by atoms with E-state index in [0.717, 1.165) is 11.8 Å². The summed E-state index contributed by atoms with van der Waals surface area (Å²) in [6.45, 7) is 2.62. The van der Waals surface area contributed by atoms with Gasteiger partial charge in [0.25, 0.3) is 0 Å². The molecule has 1 aromatic heterocycles. The highest BCUT2D eigenvalue weighted by molar-refractivity contribution is 5.28. The van der Waals surface area contributed by atoms with Gasteiger partial charge < -0.3 is 5.32 Å². The molecule has 0 amide bonds. The van der Waals surface area contributed by atoms with E-state index in [9.17, 15) is 8.78 Å². The van der Waals surface area contributed by atoms with Crippen molar-refractivity contribution < 1.29 is 8.78 Å². The zero-order valence-corrected chi connectivity index (χ0v) is 10.3. The van der Waals surface area contributed by atoms with Crippen LogP contribution in [0.4, 0.5) is 8.78 Å². The van der Waals surface area contributed by atoms with E-state index in [1.165, 1.54) is 12.1 Å². The molecule has 0 aliphatic rings. The summed E-state index contributed by atoms with van der Waals surface area (Å²) in [5.41, 5.74) is 1.28. The number of aryl methyl sites for hydroxylation is 1. The average Bonchev–Trinajstić information content (AvgIpc) is 2.71. The van der Waals surface area contributed by atoms with Crippen molar-refractivity contribution in [3.63, 3.8) is 0 Å². The molecule has 1 heterocycles. The highest BCUT2D eigenvalue weighted by Crippen LogP contribution is 2.22. The topological polar surface area (TPSA) is 29.9 Å². The van der Waals surface area contributed by atoms with Crippen molar-refractivity contribution in [3.8, 4) is 0 Å². The molecule has 0 spiro atoms. The molecule has 0 saturated carbocycles. The fourth-order valence-electron chi connectivity index (χ4n) is 1.93. The Labute approximate surface area is 104 Å². The molecule has 1 aromatic carbocycles. The number of hydrogen-bond acceptors (Lipinski definition) is 2. The van der Waals surface area contributed by atoms with Gasteiger partial charge in [-0.2, -0.15) is 5.10 Å². The maximum Gasteiger partial charge on any atom is 0.126 e. The summed E-state index contributed by atoms with van der Waals surface area (Å²) < 4.78 is 28.2. The Morgan fingerprint density at radius 3 is 2.44 bits per heavy atom. The molecule has 0 bridgehead atoms. The van der Waals surface area contributed by atoms with Gasteiger partial charge in [-0.25, -0.2) is 8.78 Å². The lowest BCUT2D eigenvalue weighted by molar-refractivity contribution is 0.558. The van der Waals surface area contributed by atoms with E-state index >= 15 is 0 Å². The van der Waals surface area contributed by atoms with Gasteiger partial charge in [0.15, 0.2) is 0 Å². The number of hydrogen-bond donors (Lipinski definition) is 1. The largest absolute Gasteiger partial charge is 0.305 e. The van der Waals surface area contributed by atoms with Crippen molar-refractivity contribution in [2.24, 2.45) is 7.05 Å². The summed E-state index contributed by atoms with van der Waals surface area (Å²) in [7, 11) is 1.80. The Hall–Kier alpha value is -1.75. The van der Waals surface area contributed by atoms with Gasteiger partial charge in [-0.3, -0.25) is 4.68 Å². The molecule has 18 heavy (non-hydrogen) atoms. The van der Waals surface area contributed by atoms with E-state index in [4.69, 9.17) is 0 Å². The molecule has 1 unspecified atom stereocenters. The lowest BCUT2D eigenvalue weighted by atomic mass is 10.0. The van der Waals surface area contributed by atoms with Crippen molar-refractivity contribution in [1.82, 2.24) is 15.1 Å². The molecular formula is C13H15F2N3. The van der Waals surface area contributed by atoms with Crippen LogP contribution in [0.2, 0.25) is 0 Å². The predicted molar refractivity (Wildman–Crippen MR) is 65.1 cm³/mol. The normalized spacial score (nSPS) is 12.7. The number of benzene rings is 1. The molecule has 5 heteroatoms. The lowest BCUT2D eigenvalue weighted by Gasteiger charge is -2.16. The van der Waals surface area contributed by atoms with E-state index < -0.39 is 11.6 Å². The van der Waals surface area contributed by atoms with Gasteiger partial charge in [0.05, 0.1) is 11.7 Å². The molecule has 1 N–H and O–H groups in total. The quantitative estimate of drug-likeness (QED) is 0.904. The fourth-order valence-corrected chi connectivity index (χ4v) is 1.93. The van der Waals surface area contributed by atoms with Crippen LogP contribution in [-0.2, 0) is 7.05 Å². The number of nitrogens with one attached hydrogen (secondary N) is 1. The van der Waals surface area contributed by atoms with Gasteiger partial charge >= 0.3 is 0 Å². The van der Waals surface area contributed by atoms with Crippen molar-refractivity contribution in [1.29, 1.82) is 0 Å². The highest BCUT2D eigenvalue weighted by Gasteiger charge is 2.17. The Morgan fingerprint density at radius 1 is 1.28 bits per heavy atom. The molecule has 0 fully saturated rings. The van der Waals surface area contributed by atoms with Crippen molar-refractivity contribution in [3.05, 3.63) is 53.4 Å². The van der Waals surface area contributed by atoms with Gasteiger partial charge in [0, 0.05) is 19.3 Å². The van der Waals surface area contributed by atoms with Crippen LogP contribution in [-0.4, -0.2) is 16.3 Å². The predicted octanol–water partition coefficient (Wildman–Crippen LogP) is 2.40. The van der Waals surface area contributed by atoms with E-state index in [1.54, 1.807) is 17.9 Å². The van der Waals surface area contributed by atoms with E-state index in [2.05, 4.69) is 10.4 Å². The van der Waals surface area contributed by atoms with Crippen molar-refractivity contribution in [2.45, 2.75) is 13.0 Å². The summed E-state index contributed by atoms with van der Waals surface area (Å²) in [6, 6.07) is 5.04. The Morgan fingerprint density at radius 2 is 1.94 bits per heavy atom. The summed E-state index contributed by atoms with van der Waals surface area (Å²) in [5.74, 6) is -1.16. The minimum atomic E-state index is -0.580. The third-order valence-corrected chi connectivity index (χ3v) is 2.66. The second kappa shape index (κ2) is 5.27. The SMILES string of the molecule is CCNC(c1cc(F)cc(F)c1)c1ccn(C)n1. The number of nitrogens with zero attached hydrogens (tertiary/aromatic N) is 2. The molecule has 0 aliphatic heterocycles. The van der Waals surface area contributed by atoms with Gasteiger partial charge in [0.2, 0.25) is 0 Å². The van der Waals surface area contributed by atoms with Crippen LogP contribution in [0, 0.1) is 11.6 Å². The Balaban J connectivity index is 2.40. The summed E-state index contributed by atoms with van der Waals surface area (Å²) in [5, 5.41) is 7.45. The van der Waals surface area contributed by atoms with Crippen LogP contribution in [0.25, 0.3) is 0 Å². The third-order valence-electron chi connectivity index (χ3n) is 2.66. The summed E-state index contributed by atoms with van der Waals surface area (Å²) in [6.07, 6.45) is 1.80.